The molecule has 3 rings (SSSR count). The summed E-state index contributed by atoms with van der Waals surface area (Å²) in [7, 11) is 0. The summed E-state index contributed by atoms with van der Waals surface area (Å²) in [6, 6.07) is 13.7. The molecule has 24 heavy (non-hydrogen) atoms. The summed E-state index contributed by atoms with van der Waals surface area (Å²) in [5.41, 5.74) is 2.78. The lowest BCUT2D eigenvalue weighted by atomic mass is 10.1. The third kappa shape index (κ3) is 2.81. The molecule has 6 nitrogen and oxygen atoms in total. The number of carbonyl (C=O) groups is 1. The minimum atomic E-state index is -0.461. The first kappa shape index (κ1) is 15.6. The van der Waals surface area contributed by atoms with Gasteiger partial charge in [-0.1, -0.05) is 24.3 Å². The van der Waals surface area contributed by atoms with Gasteiger partial charge in [-0.2, -0.15) is 0 Å². The second-order valence-corrected chi connectivity index (χ2v) is 5.49. The number of amides is 1. The third-order valence-corrected chi connectivity index (χ3v) is 3.84. The first-order chi connectivity index (χ1) is 11.5. The van der Waals surface area contributed by atoms with Crippen LogP contribution < -0.4 is 5.32 Å². The number of nitrogens with one attached hydrogen (secondary N) is 1. The van der Waals surface area contributed by atoms with Crippen molar-refractivity contribution in [3.8, 4) is 0 Å². The smallest absolute Gasteiger partial charge is 0.274 e. The Morgan fingerprint density at radius 2 is 1.88 bits per heavy atom. The lowest BCUT2D eigenvalue weighted by Gasteiger charge is -2.11. The van der Waals surface area contributed by atoms with Gasteiger partial charge < -0.3 is 5.32 Å². The Hall–Kier alpha value is -3.28. The quantitative estimate of drug-likeness (QED) is 0.583. The maximum atomic E-state index is 12.7. The van der Waals surface area contributed by atoms with Crippen LogP contribution in [0.3, 0.4) is 0 Å². The molecule has 0 spiro atoms. The normalized spacial score (nSPS) is 10.6. The van der Waals surface area contributed by atoms with Crippen molar-refractivity contribution >= 4 is 28.2 Å². The number of aryl methyl sites for hydroxylation is 1. The molecule has 0 bridgehead atoms. The van der Waals surface area contributed by atoms with Crippen LogP contribution in [0.2, 0.25) is 0 Å². The van der Waals surface area contributed by atoms with E-state index in [1.165, 1.54) is 6.07 Å². The second-order valence-electron chi connectivity index (χ2n) is 5.49. The van der Waals surface area contributed by atoms with Crippen molar-refractivity contribution in [1.82, 2.24) is 4.98 Å². The number of hydrogen-bond acceptors (Lipinski definition) is 4. The molecule has 120 valence electrons. The summed E-state index contributed by atoms with van der Waals surface area (Å²) >= 11 is 0. The number of pyridine rings is 1. The minimum absolute atomic E-state index is 0.0245. The number of hydrogen-bond donors (Lipinski definition) is 1. The summed E-state index contributed by atoms with van der Waals surface area (Å²) in [5, 5.41) is 14.5. The van der Waals surface area contributed by atoms with Crippen LogP contribution in [0.4, 0.5) is 11.4 Å². The molecule has 0 atom stereocenters. The number of fused-ring (bicyclic) bond motifs is 1. The summed E-state index contributed by atoms with van der Waals surface area (Å²) < 4.78 is 0. The van der Waals surface area contributed by atoms with Crippen LogP contribution in [0.25, 0.3) is 10.9 Å². The van der Waals surface area contributed by atoms with Gasteiger partial charge in [-0.15, -0.1) is 0 Å². The van der Waals surface area contributed by atoms with E-state index in [0.717, 1.165) is 16.6 Å². The Labute approximate surface area is 138 Å². The molecule has 1 heterocycles. The zero-order chi connectivity index (χ0) is 17.3. The topological polar surface area (TPSA) is 85.1 Å². The zero-order valence-corrected chi connectivity index (χ0v) is 13.2. The molecular weight excluding hydrogens is 306 g/mol. The van der Waals surface area contributed by atoms with E-state index >= 15 is 0 Å². The molecule has 0 saturated carbocycles. The fourth-order valence-electron chi connectivity index (χ4n) is 2.64. The molecule has 0 aliphatic heterocycles. The first-order valence-corrected chi connectivity index (χ1v) is 7.39. The number of nitrogens with zero attached hydrogens (tertiary/aromatic N) is 2. The van der Waals surface area contributed by atoms with Crippen molar-refractivity contribution < 1.29 is 9.72 Å². The van der Waals surface area contributed by atoms with E-state index in [4.69, 9.17) is 0 Å². The van der Waals surface area contributed by atoms with Crippen LogP contribution in [0.5, 0.6) is 0 Å². The number of para-hydroxylation sites is 1. The van der Waals surface area contributed by atoms with E-state index in [-0.39, 0.29) is 11.6 Å². The highest BCUT2D eigenvalue weighted by molar-refractivity contribution is 6.12. The van der Waals surface area contributed by atoms with E-state index in [1.54, 1.807) is 25.1 Å². The summed E-state index contributed by atoms with van der Waals surface area (Å²) in [5.74, 6) is -0.319. The van der Waals surface area contributed by atoms with Crippen molar-refractivity contribution in [2.75, 3.05) is 5.32 Å². The van der Waals surface area contributed by atoms with Crippen molar-refractivity contribution in [1.29, 1.82) is 0 Å². The molecule has 6 heteroatoms. The SMILES string of the molecule is Cc1cc(C(=O)Nc2cccc([N+](=O)[O-])c2C)c2ccccc2n1. The Morgan fingerprint density at radius 1 is 1.12 bits per heavy atom. The number of benzene rings is 2. The highest BCUT2D eigenvalue weighted by Gasteiger charge is 2.17. The van der Waals surface area contributed by atoms with Crippen LogP contribution in [0.15, 0.2) is 48.5 Å². The number of rotatable bonds is 3. The van der Waals surface area contributed by atoms with Gasteiger partial charge in [-0.3, -0.25) is 19.9 Å². The average Bonchev–Trinajstić information content (AvgIpc) is 2.55. The predicted molar refractivity (Wildman–Crippen MR) is 92.3 cm³/mol. The van der Waals surface area contributed by atoms with E-state index in [9.17, 15) is 14.9 Å². The molecule has 0 saturated heterocycles. The monoisotopic (exact) mass is 321 g/mol. The van der Waals surface area contributed by atoms with Crippen LogP contribution >= 0.6 is 0 Å². The predicted octanol–water partition coefficient (Wildman–Crippen LogP) is 4.01. The average molecular weight is 321 g/mol. The lowest BCUT2D eigenvalue weighted by molar-refractivity contribution is -0.385. The highest BCUT2D eigenvalue weighted by atomic mass is 16.6. The molecule has 2 aromatic carbocycles. The fraction of sp³-hybridized carbons (Fsp3) is 0.111. The molecule has 0 aliphatic carbocycles. The fourth-order valence-corrected chi connectivity index (χ4v) is 2.64. The number of aromatic nitrogens is 1. The van der Waals surface area contributed by atoms with Gasteiger partial charge in [-0.05, 0) is 32.0 Å². The highest BCUT2D eigenvalue weighted by Crippen LogP contribution is 2.26. The van der Waals surface area contributed by atoms with Gasteiger partial charge in [0.1, 0.15) is 0 Å². The second kappa shape index (κ2) is 6.08. The van der Waals surface area contributed by atoms with Crippen LogP contribution in [-0.4, -0.2) is 15.8 Å². The Morgan fingerprint density at radius 3 is 2.62 bits per heavy atom. The molecule has 1 amide bonds. The number of carbonyl (C=O) groups excluding carboxylic acids is 1. The Balaban J connectivity index is 2.03. The first-order valence-electron chi connectivity index (χ1n) is 7.39. The van der Waals surface area contributed by atoms with E-state index in [0.29, 0.717) is 16.8 Å². The van der Waals surface area contributed by atoms with E-state index in [1.807, 2.05) is 31.2 Å². The van der Waals surface area contributed by atoms with Gasteiger partial charge in [-0.25, -0.2) is 0 Å². The van der Waals surface area contributed by atoms with Crippen molar-refractivity contribution in [2.24, 2.45) is 0 Å². The van der Waals surface area contributed by atoms with Crippen LogP contribution in [-0.2, 0) is 0 Å². The molecular formula is C18H15N3O3. The van der Waals surface area contributed by atoms with Gasteiger partial charge >= 0.3 is 0 Å². The van der Waals surface area contributed by atoms with Gasteiger partial charge in [0.15, 0.2) is 0 Å². The van der Waals surface area contributed by atoms with Gasteiger partial charge in [0, 0.05) is 17.1 Å². The number of anilines is 1. The van der Waals surface area contributed by atoms with Crippen LogP contribution in [0, 0.1) is 24.0 Å². The standard InChI is InChI=1S/C18H15N3O3/c1-11-10-14(13-6-3-4-7-16(13)19-11)18(22)20-15-8-5-9-17(12(15)2)21(23)24/h3-10H,1-2H3,(H,20,22). The molecule has 0 unspecified atom stereocenters. The summed E-state index contributed by atoms with van der Waals surface area (Å²) in [6.45, 7) is 3.44. The van der Waals surface area contributed by atoms with Crippen molar-refractivity contribution in [3.05, 3.63) is 75.5 Å². The molecule has 0 aliphatic rings. The third-order valence-electron chi connectivity index (χ3n) is 3.84. The number of nitro benzene ring substituents is 1. The Kier molecular flexibility index (Phi) is 3.95. The summed E-state index contributed by atoms with van der Waals surface area (Å²) in [4.78, 5) is 27.7. The minimum Gasteiger partial charge on any atom is -0.321 e. The zero-order valence-electron chi connectivity index (χ0n) is 13.2. The maximum absolute atomic E-state index is 12.7. The number of nitro groups is 1. The molecule has 0 radical (unpaired) electrons. The van der Waals surface area contributed by atoms with Gasteiger partial charge in [0.05, 0.1) is 27.3 Å². The van der Waals surface area contributed by atoms with E-state index in [2.05, 4.69) is 10.3 Å². The maximum Gasteiger partial charge on any atom is 0.274 e. The largest absolute Gasteiger partial charge is 0.321 e. The molecule has 1 N–H and O–H groups in total. The van der Waals surface area contributed by atoms with Crippen LogP contribution in [0.1, 0.15) is 21.6 Å². The molecule has 1 aromatic heterocycles. The van der Waals surface area contributed by atoms with Gasteiger partial charge in [0.2, 0.25) is 0 Å². The van der Waals surface area contributed by atoms with Crippen molar-refractivity contribution in [3.63, 3.8) is 0 Å². The summed E-state index contributed by atoms with van der Waals surface area (Å²) in [6.07, 6.45) is 0. The van der Waals surface area contributed by atoms with Gasteiger partial charge in [0.25, 0.3) is 11.6 Å². The van der Waals surface area contributed by atoms with Crippen molar-refractivity contribution in [2.45, 2.75) is 13.8 Å². The molecule has 3 aromatic rings. The Bertz CT molecular complexity index is 967. The van der Waals surface area contributed by atoms with E-state index < -0.39 is 4.92 Å². The molecule has 0 fully saturated rings. The lowest BCUT2D eigenvalue weighted by Crippen LogP contribution is -2.14.